The van der Waals surface area contributed by atoms with E-state index in [1.165, 1.54) is 0 Å². The third kappa shape index (κ3) is 6.96. The van der Waals surface area contributed by atoms with Crippen LogP contribution in [0.25, 0.3) is 0 Å². The summed E-state index contributed by atoms with van der Waals surface area (Å²) >= 11 is 0. The number of halogens is 4. The van der Waals surface area contributed by atoms with Gasteiger partial charge in [0.1, 0.15) is 0 Å². The molecule has 0 saturated carbocycles. The Kier molecular flexibility index (Phi) is 20.0. The lowest BCUT2D eigenvalue weighted by Crippen LogP contribution is -2.22. The lowest BCUT2D eigenvalue weighted by atomic mass is 9.94. The van der Waals surface area contributed by atoms with Crippen molar-refractivity contribution < 1.29 is 9.90 Å². The van der Waals surface area contributed by atoms with Crippen molar-refractivity contribution in [1.29, 1.82) is 0 Å². The summed E-state index contributed by atoms with van der Waals surface area (Å²) < 4.78 is 0. The van der Waals surface area contributed by atoms with Crippen LogP contribution in [0.1, 0.15) is 13.3 Å². The number of carbonyl (C=O) groups is 1. The average Bonchev–Trinajstić information content (AvgIpc) is 2.36. The second-order valence-electron chi connectivity index (χ2n) is 2.88. The first kappa shape index (κ1) is 24.0. The predicted molar refractivity (Wildman–Crippen MR) is 66.8 cm³/mol. The molecule has 0 aromatic rings. The molecule has 3 nitrogen and oxygen atoms in total. The summed E-state index contributed by atoms with van der Waals surface area (Å²) in [4.78, 5) is 10.5. The molecule has 14 heavy (non-hydrogen) atoms. The van der Waals surface area contributed by atoms with Gasteiger partial charge >= 0.3 is 5.97 Å². The molecular weight excluding hydrogens is 272 g/mol. The summed E-state index contributed by atoms with van der Waals surface area (Å²) in [6.45, 7) is 3.62. The molecule has 2 atom stereocenters. The second kappa shape index (κ2) is 11.7. The van der Waals surface area contributed by atoms with Crippen molar-refractivity contribution in [1.82, 2.24) is 5.32 Å². The molecule has 1 saturated heterocycles. The number of carboxylic acid groups (broad SMARTS) is 1. The molecule has 0 amide bonds. The SMILES string of the molecule is CC(C(=O)O)[C@H]1CCNC1.Cl.Cl.Cl.Cl. The van der Waals surface area contributed by atoms with Gasteiger partial charge < -0.3 is 10.4 Å². The minimum Gasteiger partial charge on any atom is -0.481 e. The molecule has 1 unspecified atom stereocenters. The Bertz CT molecular complexity index is 142. The molecule has 0 aliphatic carbocycles. The predicted octanol–water partition coefficient (Wildman–Crippen LogP) is 2.00. The van der Waals surface area contributed by atoms with E-state index >= 15 is 0 Å². The topological polar surface area (TPSA) is 49.3 Å². The van der Waals surface area contributed by atoms with E-state index in [0.717, 1.165) is 19.5 Å². The maximum atomic E-state index is 10.5. The van der Waals surface area contributed by atoms with Crippen LogP contribution < -0.4 is 5.32 Å². The van der Waals surface area contributed by atoms with Crippen molar-refractivity contribution in [3.8, 4) is 0 Å². The molecule has 0 aromatic heterocycles. The van der Waals surface area contributed by atoms with Crippen LogP contribution in [0.3, 0.4) is 0 Å². The van der Waals surface area contributed by atoms with Gasteiger partial charge in [-0.15, -0.1) is 49.6 Å². The molecule has 1 fully saturated rings. The first-order valence-corrected chi connectivity index (χ1v) is 3.65. The summed E-state index contributed by atoms with van der Waals surface area (Å²) in [7, 11) is 0. The fourth-order valence-electron chi connectivity index (χ4n) is 1.31. The first-order valence-electron chi connectivity index (χ1n) is 3.65. The van der Waals surface area contributed by atoms with Crippen LogP contribution >= 0.6 is 49.6 Å². The zero-order chi connectivity index (χ0) is 7.56. The third-order valence-electron chi connectivity index (χ3n) is 2.20. The molecule has 0 bridgehead atoms. The zero-order valence-corrected chi connectivity index (χ0v) is 11.0. The van der Waals surface area contributed by atoms with Crippen LogP contribution in [-0.4, -0.2) is 24.2 Å². The van der Waals surface area contributed by atoms with Gasteiger partial charge in [-0.3, -0.25) is 4.79 Å². The molecule has 2 N–H and O–H groups in total. The Hall–Kier alpha value is 0.590. The van der Waals surface area contributed by atoms with Gasteiger partial charge in [0, 0.05) is 0 Å². The molecular formula is C7H17Cl4NO2. The van der Waals surface area contributed by atoms with Crippen LogP contribution in [0.2, 0.25) is 0 Å². The highest BCUT2D eigenvalue weighted by molar-refractivity contribution is 5.86. The Labute approximate surface area is 109 Å². The van der Waals surface area contributed by atoms with Gasteiger partial charge in [0.25, 0.3) is 0 Å². The van der Waals surface area contributed by atoms with Gasteiger partial charge in [-0.25, -0.2) is 0 Å². The third-order valence-corrected chi connectivity index (χ3v) is 2.20. The van der Waals surface area contributed by atoms with E-state index in [1.807, 2.05) is 0 Å². The van der Waals surface area contributed by atoms with Gasteiger partial charge in [0.05, 0.1) is 5.92 Å². The maximum absolute atomic E-state index is 10.5. The van der Waals surface area contributed by atoms with Crippen LogP contribution in [0.5, 0.6) is 0 Å². The highest BCUT2D eigenvalue weighted by Crippen LogP contribution is 2.18. The van der Waals surface area contributed by atoms with E-state index in [-0.39, 0.29) is 55.5 Å². The number of aliphatic carboxylic acids is 1. The maximum Gasteiger partial charge on any atom is 0.306 e. The largest absolute Gasteiger partial charge is 0.481 e. The Morgan fingerprint density at radius 2 is 1.86 bits per heavy atom. The van der Waals surface area contributed by atoms with Crippen LogP contribution in [0, 0.1) is 11.8 Å². The summed E-state index contributed by atoms with van der Waals surface area (Å²) in [5.41, 5.74) is 0. The fraction of sp³-hybridized carbons (Fsp3) is 0.857. The molecule has 7 heteroatoms. The van der Waals surface area contributed by atoms with Gasteiger partial charge in [0.2, 0.25) is 0 Å². The monoisotopic (exact) mass is 287 g/mol. The molecule has 1 heterocycles. The molecule has 1 aliphatic heterocycles. The average molecular weight is 289 g/mol. The first-order chi connectivity index (χ1) is 4.72. The second-order valence-corrected chi connectivity index (χ2v) is 2.88. The Morgan fingerprint density at radius 1 is 1.36 bits per heavy atom. The van der Waals surface area contributed by atoms with Crippen molar-refractivity contribution >= 4 is 55.6 Å². The van der Waals surface area contributed by atoms with Crippen molar-refractivity contribution in [2.24, 2.45) is 11.8 Å². The van der Waals surface area contributed by atoms with Crippen molar-refractivity contribution in [3.05, 3.63) is 0 Å². The van der Waals surface area contributed by atoms with Crippen molar-refractivity contribution in [2.45, 2.75) is 13.3 Å². The van der Waals surface area contributed by atoms with Crippen LogP contribution in [0.4, 0.5) is 0 Å². The molecule has 0 spiro atoms. The van der Waals surface area contributed by atoms with E-state index in [2.05, 4.69) is 5.32 Å². The lowest BCUT2D eigenvalue weighted by molar-refractivity contribution is -0.142. The highest BCUT2D eigenvalue weighted by Gasteiger charge is 2.25. The highest BCUT2D eigenvalue weighted by atomic mass is 35.5. The van der Waals surface area contributed by atoms with Crippen molar-refractivity contribution in [3.63, 3.8) is 0 Å². The molecule has 1 rings (SSSR count). The van der Waals surface area contributed by atoms with E-state index < -0.39 is 5.97 Å². The van der Waals surface area contributed by atoms with Gasteiger partial charge in [-0.05, 0) is 25.4 Å². The minimum absolute atomic E-state index is 0. The standard InChI is InChI=1S/C7H13NO2.4ClH/c1-5(7(9)10)6-2-3-8-4-6;;;;/h5-6,8H,2-4H2,1H3,(H,9,10);4*1H/t5?,6-;;;;/m0..../s1. The fourth-order valence-corrected chi connectivity index (χ4v) is 1.31. The Balaban J connectivity index is -0.000000125. The van der Waals surface area contributed by atoms with Crippen LogP contribution in [-0.2, 0) is 4.79 Å². The summed E-state index contributed by atoms with van der Waals surface area (Å²) in [5, 5.41) is 11.8. The van der Waals surface area contributed by atoms with Crippen LogP contribution in [0.15, 0.2) is 0 Å². The van der Waals surface area contributed by atoms with Gasteiger partial charge in [-0.2, -0.15) is 0 Å². The quantitative estimate of drug-likeness (QED) is 0.817. The summed E-state index contributed by atoms with van der Waals surface area (Å²) in [6.07, 6.45) is 1.01. The van der Waals surface area contributed by atoms with E-state index in [1.54, 1.807) is 6.92 Å². The normalized spacial score (nSPS) is 20.2. The Morgan fingerprint density at radius 3 is 2.14 bits per heavy atom. The van der Waals surface area contributed by atoms with Gasteiger partial charge in [-0.1, -0.05) is 6.92 Å². The smallest absolute Gasteiger partial charge is 0.306 e. The van der Waals surface area contributed by atoms with E-state index in [4.69, 9.17) is 5.11 Å². The number of hydrogen-bond donors (Lipinski definition) is 2. The van der Waals surface area contributed by atoms with Gasteiger partial charge in [0.15, 0.2) is 0 Å². The van der Waals surface area contributed by atoms with Crippen molar-refractivity contribution in [2.75, 3.05) is 13.1 Å². The minimum atomic E-state index is -0.672. The molecule has 90 valence electrons. The zero-order valence-electron chi connectivity index (χ0n) is 7.76. The number of nitrogens with one attached hydrogen (secondary N) is 1. The lowest BCUT2D eigenvalue weighted by Gasteiger charge is -2.11. The summed E-state index contributed by atoms with van der Waals surface area (Å²) in [5.74, 6) is -0.513. The molecule has 1 aliphatic rings. The number of carboxylic acids is 1. The molecule has 0 radical (unpaired) electrons. The molecule has 0 aromatic carbocycles. The van der Waals surface area contributed by atoms with E-state index in [9.17, 15) is 4.79 Å². The number of rotatable bonds is 2. The van der Waals surface area contributed by atoms with E-state index in [0.29, 0.717) is 5.92 Å². The number of hydrogen-bond acceptors (Lipinski definition) is 2. The summed E-state index contributed by atoms with van der Waals surface area (Å²) in [6, 6.07) is 0.